The fourth-order valence-electron chi connectivity index (χ4n) is 3.32. The lowest BCUT2D eigenvalue weighted by Crippen LogP contribution is -2.35. The van der Waals surface area contributed by atoms with Crippen LogP contribution in [0.15, 0.2) is 17.0 Å². The highest BCUT2D eigenvalue weighted by molar-refractivity contribution is 8.06. The SMILES string of the molecule is CS(=O)C1Cc2c(ccc(C(=O)C3C(=O)CCCC3=O)c2Cl)S1(=O)=O. The summed E-state index contributed by atoms with van der Waals surface area (Å²) in [5.41, 5.74) is 0.190. The standard InChI is InChI=1S/C16H15ClO6S2/c1-24(21)13-7-9-12(25(13,22)23)6-5-8(15(9)17)16(20)14-10(18)3-2-4-11(14)19/h5-6,13-14H,2-4,7H2,1H3. The van der Waals surface area contributed by atoms with Crippen molar-refractivity contribution in [3.05, 3.63) is 28.3 Å². The maximum atomic E-state index is 12.7. The molecule has 2 aliphatic rings. The van der Waals surface area contributed by atoms with Crippen LogP contribution in [0, 0.1) is 5.92 Å². The number of Topliss-reactive ketones (excluding diaryl/α,β-unsaturated/α-hetero) is 3. The smallest absolute Gasteiger partial charge is 0.193 e. The quantitative estimate of drug-likeness (QED) is 0.560. The number of sulfone groups is 1. The maximum absolute atomic E-state index is 12.7. The minimum atomic E-state index is -3.79. The molecule has 1 aliphatic carbocycles. The fourth-order valence-corrected chi connectivity index (χ4v) is 7.30. The molecule has 9 heteroatoms. The van der Waals surface area contributed by atoms with E-state index in [1.807, 2.05) is 0 Å². The first-order chi connectivity index (χ1) is 11.7. The lowest BCUT2D eigenvalue weighted by Gasteiger charge is -2.19. The van der Waals surface area contributed by atoms with Crippen molar-refractivity contribution >= 4 is 49.6 Å². The number of benzene rings is 1. The highest BCUT2D eigenvalue weighted by atomic mass is 35.5. The van der Waals surface area contributed by atoms with Crippen molar-refractivity contribution in [1.29, 1.82) is 0 Å². The van der Waals surface area contributed by atoms with Gasteiger partial charge in [-0.3, -0.25) is 18.6 Å². The van der Waals surface area contributed by atoms with Gasteiger partial charge in [-0.2, -0.15) is 0 Å². The predicted octanol–water partition coefficient (Wildman–Crippen LogP) is 1.50. The van der Waals surface area contributed by atoms with E-state index in [4.69, 9.17) is 11.6 Å². The number of rotatable bonds is 3. The van der Waals surface area contributed by atoms with E-state index < -0.39 is 48.5 Å². The Kier molecular flexibility index (Phi) is 4.72. The molecule has 134 valence electrons. The zero-order chi connectivity index (χ0) is 18.5. The highest BCUT2D eigenvalue weighted by Crippen LogP contribution is 2.39. The van der Waals surface area contributed by atoms with Crippen molar-refractivity contribution in [3.63, 3.8) is 0 Å². The molecule has 25 heavy (non-hydrogen) atoms. The van der Waals surface area contributed by atoms with Crippen LogP contribution in [-0.4, -0.2) is 40.8 Å². The van der Waals surface area contributed by atoms with Crippen LogP contribution in [-0.2, 0) is 36.6 Å². The summed E-state index contributed by atoms with van der Waals surface area (Å²) in [5, 5.41) is -0.0785. The summed E-state index contributed by atoms with van der Waals surface area (Å²) in [5.74, 6) is -2.92. The molecule has 0 aromatic heterocycles. The molecular weight excluding hydrogens is 388 g/mol. The third-order valence-corrected chi connectivity index (χ3v) is 9.38. The second-order valence-corrected chi connectivity index (χ2v) is 10.5. The van der Waals surface area contributed by atoms with Crippen molar-refractivity contribution < 1.29 is 27.0 Å². The van der Waals surface area contributed by atoms with Gasteiger partial charge in [-0.05, 0) is 24.1 Å². The molecule has 0 spiro atoms. The van der Waals surface area contributed by atoms with Gasteiger partial charge >= 0.3 is 0 Å². The molecule has 1 aromatic carbocycles. The van der Waals surface area contributed by atoms with Crippen molar-refractivity contribution in [2.24, 2.45) is 5.92 Å². The molecule has 1 fully saturated rings. The minimum absolute atomic E-state index is 0.0354. The Balaban J connectivity index is 2.06. The molecule has 1 saturated carbocycles. The van der Waals surface area contributed by atoms with Crippen LogP contribution in [0.2, 0.25) is 5.02 Å². The molecule has 6 nitrogen and oxygen atoms in total. The first-order valence-corrected chi connectivity index (χ1v) is 11.2. The fraction of sp³-hybridized carbons (Fsp3) is 0.438. The number of hydrogen-bond donors (Lipinski definition) is 0. The van der Waals surface area contributed by atoms with Gasteiger partial charge in [0.1, 0.15) is 10.5 Å². The van der Waals surface area contributed by atoms with Gasteiger partial charge in [-0.1, -0.05) is 11.6 Å². The number of ketones is 3. The van der Waals surface area contributed by atoms with E-state index in [0.717, 1.165) is 0 Å². The van der Waals surface area contributed by atoms with Crippen LogP contribution in [0.1, 0.15) is 35.2 Å². The van der Waals surface area contributed by atoms with Crippen molar-refractivity contribution in [2.75, 3.05) is 6.26 Å². The first-order valence-electron chi connectivity index (χ1n) is 7.63. The molecule has 0 radical (unpaired) electrons. The lowest BCUT2D eigenvalue weighted by molar-refractivity contribution is -0.133. The monoisotopic (exact) mass is 402 g/mol. The largest absolute Gasteiger partial charge is 0.298 e. The zero-order valence-electron chi connectivity index (χ0n) is 13.3. The van der Waals surface area contributed by atoms with Crippen LogP contribution in [0.4, 0.5) is 0 Å². The number of carbonyl (C=O) groups excluding carboxylic acids is 3. The summed E-state index contributed by atoms with van der Waals surface area (Å²) in [6.45, 7) is 0. The second kappa shape index (κ2) is 6.41. The third-order valence-electron chi connectivity index (χ3n) is 4.61. The normalized spacial score (nSPS) is 24.2. The molecule has 1 heterocycles. The molecule has 0 saturated heterocycles. The predicted molar refractivity (Wildman–Crippen MR) is 91.9 cm³/mol. The Morgan fingerprint density at radius 3 is 2.36 bits per heavy atom. The lowest BCUT2D eigenvalue weighted by atomic mass is 9.81. The average Bonchev–Trinajstić information content (AvgIpc) is 2.79. The average molecular weight is 403 g/mol. The zero-order valence-corrected chi connectivity index (χ0v) is 15.7. The van der Waals surface area contributed by atoms with E-state index >= 15 is 0 Å². The molecule has 1 aliphatic heterocycles. The minimum Gasteiger partial charge on any atom is -0.298 e. The Morgan fingerprint density at radius 1 is 1.20 bits per heavy atom. The summed E-state index contributed by atoms with van der Waals surface area (Å²) in [7, 11) is -5.40. The van der Waals surface area contributed by atoms with Gasteiger partial charge in [0.25, 0.3) is 0 Å². The molecular formula is C16H15ClO6S2. The van der Waals surface area contributed by atoms with E-state index in [1.54, 1.807) is 0 Å². The summed E-state index contributed by atoms with van der Waals surface area (Å²) in [6, 6.07) is 2.48. The van der Waals surface area contributed by atoms with Gasteiger partial charge in [0.2, 0.25) is 0 Å². The number of halogens is 1. The summed E-state index contributed by atoms with van der Waals surface area (Å²) in [4.78, 5) is 36.6. The van der Waals surface area contributed by atoms with Gasteiger partial charge in [-0.25, -0.2) is 8.42 Å². The summed E-state index contributed by atoms with van der Waals surface area (Å²) < 4.78 is 35.5. The van der Waals surface area contributed by atoms with E-state index in [0.29, 0.717) is 6.42 Å². The summed E-state index contributed by atoms with van der Waals surface area (Å²) >= 11 is 6.25. The molecule has 2 unspecified atom stereocenters. The number of carbonyl (C=O) groups is 3. The van der Waals surface area contributed by atoms with Crippen LogP contribution < -0.4 is 0 Å². The number of fused-ring (bicyclic) bond motifs is 1. The van der Waals surface area contributed by atoms with E-state index in [9.17, 15) is 27.0 Å². The maximum Gasteiger partial charge on any atom is 0.193 e. The van der Waals surface area contributed by atoms with Crippen LogP contribution in [0.25, 0.3) is 0 Å². The molecule has 1 aromatic rings. The van der Waals surface area contributed by atoms with E-state index in [-0.39, 0.29) is 40.3 Å². The van der Waals surface area contributed by atoms with Gasteiger partial charge in [0.05, 0.1) is 9.92 Å². The van der Waals surface area contributed by atoms with Gasteiger partial charge in [0, 0.05) is 41.9 Å². The van der Waals surface area contributed by atoms with Gasteiger partial charge in [0.15, 0.2) is 27.2 Å². The number of hydrogen-bond acceptors (Lipinski definition) is 6. The summed E-state index contributed by atoms with van der Waals surface area (Å²) in [6.07, 6.45) is 1.99. The Morgan fingerprint density at radius 2 is 1.80 bits per heavy atom. The first kappa shape index (κ1) is 18.4. The molecule has 2 atom stereocenters. The van der Waals surface area contributed by atoms with Crippen molar-refractivity contribution in [1.82, 2.24) is 0 Å². The topological polar surface area (TPSA) is 102 Å². The molecule has 0 amide bonds. The van der Waals surface area contributed by atoms with Gasteiger partial charge < -0.3 is 0 Å². The van der Waals surface area contributed by atoms with Crippen LogP contribution >= 0.6 is 11.6 Å². The third kappa shape index (κ3) is 2.90. The highest BCUT2D eigenvalue weighted by Gasteiger charge is 2.43. The van der Waals surface area contributed by atoms with Crippen LogP contribution in [0.3, 0.4) is 0 Å². The Bertz CT molecular complexity index is 918. The van der Waals surface area contributed by atoms with Gasteiger partial charge in [-0.15, -0.1) is 0 Å². The molecule has 3 rings (SSSR count). The molecule has 0 N–H and O–H groups in total. The van der Waals surface area contributed by atoms with Crippen molar-refractivity contribution in [3.8, 4) is 0 Å². The van der Waals surface area contributed by atoms with E-state index in [2.05, 4.69) is 0 Å². The Hall–Kier alpha value is -1.38. The van der Waals surface area contributed by atoms with E-state index in [1.165, 1.54) is 18.4 Å². The Labute approximate surface area is 152 Å². The second-order valence-electron chi connectivity index (χ2n) is 6.16. The van der Waals surface area contributed by atoms with Crippen LogP contribution in [0.5, 0.6) is 0 Å². The molecule has 0 bridgehead atoms. The van der Waals surface area contributed by atoms with Crippen molar-refractivity contribution in [2.45, 2.75) is 35.2 Å².